The van der Waals surface area contributed by atoms with E-state index in [9.17, 15) is 39.5 Å². The van der Waals surface area contributed by atoms with Crippen LogP contribution in [0.2, 0.25) is 0 Å². The number of halogens is 9. The number of aliphatic carboxylic acids is 3. The Bertz CT molecular complexity index is 1270. The topological polar surface area (TPSA) is 159 Å². The van der Waals surface area contributed by atoms with Crippen molar-refractivity contribution in [1.82, 2.24) is 14.9 Å². The van der Waals surface area contributed by atoms with E-state index in [1.165, 1.54) is 0 Å². The Morgan fingerprint density at radius 3 is 1.62 bits per heavy atom. The smallest absolute Gasteiger partial charge is 0.475 e. The summed E-state index contributed by atoms with van der Waals surface area (Å²) in [4.78, 5) is 38.2. The molecule has 2 aromatic heterocycles. The number of alkyl halides is 9. The summed E-state index contributed by atoms with van der Waals surface area (Å²) < 4.78 is 107. The van der Waals surface area contributed by atoms with Crippen LogP contribution >= 0.6 is 0 Å². The first-order chi connectivity index (χ1) is 21.4. The molecule has 2 aromatic rings. The minimum Gasteiger partial charge on any atom is -0.475 e. The molecule has 47 heavy (non-hydrogen) atoms. The minimum absolute atomic E-state index is 0.0349. The first-order valence-corrected chi connectivity index (χ1v) is 13.2. The van der Waals surface area contributed by atoms with Gasteiger partial charge in [-0.05, 0) is 44.5 Å². The fraction of sp³-hybridized carbons (Fsp3) is 0.519. The molecule has 2 saturated heterocycles. The standard InChI is InChI=1S/C21H27N3O2.3C2HF3O2/c1-16-5-3-7-18(22-16)12-24-14-21(15-24)11-20(9-10-26-21)25-13-19-8-4-6-17(2)23-19;3*3-2(4,5)1(6)7/h3-8,20H,9-15H2,1-2H3;3*(H,6,7). The van der Waals surface area contributed by atoms with Crippen molar-refractivity contribution in [2.45, 2.75) is 70.1 Å². The number of carbonyl (C=O) groups is 3. The summed E-state index contributed by atoms with van der Waals surface area (Å²) in [5.41, 5.74) is 4.21. The van der Waals surface area contributed by atoms with Gasteiger partial charge in [-0.25, -0.2) is 14.4 Å². The van der Waals surface area contributed by atoms with Gasteiger partial charge in [0.15, 0.2) is 0 Å². The molecule has 0 amide bonds. The summed E-state index contributed by atoms with van der Waals surface area (Å²) in [6, 6.07) is 12.3. The second-order valence-electron chi connectivity index (χ2n) is 10.1. The van der Waals surface area contributed by atoms with Crippen LogP contribution in [0.3, 0.4) is 0 Å². The van der Waals surface area contributed by atoms with E-state index < -0.39 is 36.4 Å². The fourth-order valence-corrected chi connectivity index (χ4v) is 4.03. The summed E-state index contributed by atoms with van der Waals surface area (Å²) in [7, 11) is 0. The SMILES string of the molecule is Cc1cccc(COC2CCOC3(C2)CN(Cc2cccc(C)n2)C3)n1.O=C(O)C(F)(F)F.O=C(O)C(F)(F)F.O=C(O)C(F)(F)F. The molecule has 2 fully saturated rings. The average Bonchev–Trinajstić information content (AvgIpc) is 2.91. The molecule has 0 saturated carbocycles. The van der Waals surface area contributed by atoms with Gasteiger partial charge in [0.2, 0.25) is 0 Å². The van der Waals surface area contributed by atoms with Crippen LogP contribution in [-0.2, 0) is 37.0 Å². The van der Waals surface area contributed by atoms with Gasteiger partial charge in [0.1, 0.15) is 0 Å². The number of aryl methyl sites for hydroxylation is 2. The van der Waals surface area contributed by atoms with Gasteiger partial charge in [-0.2, -0.15) is 39.5 Å². The van der Waals surface area contributed by atoms with E-state index in [-0.39, 0.29) is 11.7 Å². The van der Waals surface area contributed by atoms with Gasteiger partial charge in [-0.15, -0.1) is 0 Å². The zero-order chi connectivity index (χ0) is 36.2. The molecule has 3 N–H and O–H groups in total. The maximum atomic E-state index is 10.6. The van der Waals surface area contributed by atoms with Crippen LogP contribution in [0.4, 0.5) is 39.5 Å². The number of likely N-dealkylation sites (tertiary alicyclic amines) is 1. The lowest BCUT2D eigenvalue weighted by Crippen LogP contribution is -2.65. The van der Waals surface area contributed by atoms with Gasteiger partial charge < -0.3 is 24.8 Å². The largest absolute Gasteiger partial charge is 0.490 e. The summed E-state index contributed by atoms with van der Waals surface area (Å²) in [6.07, 6.45) is -13.1. The number of rotatable bonds is 5. The Kier molecular flexibility index (Phi) is 15.0. The van der Waals surface area contributed by atoms with Crippen molar-refractivity contribution in [3.63, 3.8) is 0 Å². The number of pyridine rings is 2. The summed E-state index contributed by atoms with van der Waals surface area (Å²) >= 11 is 0. The molecule has 2 aliphatic rings. The van der Waals surface area contributed by atoms with Gasteiger partial charge >= 0.3 is 36.4 Å². The van der Waals surface area contributed by atoms with E-state index in [0.29, 0.717) is 6.61 Å². The highest BCUT2D eigenvalue weighted by Gasteiger charge is 2.47. The van der Waals surface area contributed by atoms with E-state index >= 15 is 0 Å². The van der Waals surface area contributed by atoms with Gasteiger partial charge in [0.05, 0.1) is 29.7 Å². The Hall–Kier alpha value is -4.04. The summed E-state index contributed by atoms with van der Waals surface area (Å²) in [5, 5.41) is 21.4. The highest BCUT2D eigenvalue weighted by atomic mass is 19.4. The van der Waals surface area contributed by atoms with Crippen molar-refractivity contribution in [2.75, 3.05) is 19.7 Å². The van der Waals surface area contributed by atoms with E-state index in [1.807, 2.05) is 38.1 Å². The van der Waals surface area contributed by atoms with Crippen molar-refractivity contribution in [3.8, 4) is 0 Å². The van der Waals surface area contributed by atoms with E-state index in [0.717, 1.165) is 61.9 Å². The van der Waals surface area contributed by atoms with Gasteiger partial charge in [0.25, 0.3) is 0 Å². The van der Waals surface area contributed by atoms with Gasteiger partial charge in [-0.1, -0.05) is 12.1 Å². The molecule has 0 bridgehead atoms. The molecule has 0 radical (unpaired) electrons. The van der Waals surface area contributed by atoms with Gasteiger partial charge in [0, 0.05) is 44.0 Å². The van der Waals surface area contributed by atoms with Gasteiger partial charge in [-0.3, -0.25) is 14.9 Å². The Balaban J connectivity index is 0.000000430. The first-order valence-electron chi connectivity index (χ1n) is 13.2. The van der Waals surface area contributed by atoms with Crippen LogP contribution in [0, 0.1) is 13.8 Å². The number of ether oxygens (including phenoxy) is 2. The summed E-state index contributed by atoms with van der Waals surface area (Å²) in [6.45, 7) is 8.24. The number of hydrogen-bond acceptors (Lipinski definition) is 8. The molecule has 4 rings (SSSR count). The van der Waals surface area contributed by atoms with E-state index in [4.69, 9.17) is 39.2 Å². The molecule has 1 atom stereocenters. The molecule has 1 spiro atoms. The van der Waals surface area contributed by atoms with Crippen LogP contribution in [-0.4, -0.2) is 98.0 Å². The second kappa shape index (κ2) is 17.2. The van der Waals surface area contributed by atoms with Crippen LogP contribution < -0.4 is 0 Å². The van der Waals surface area contributed by atoms with Crippen molar-refractivity contribution in [1.29, 1.82) is 0 Å². The number of nitrogens with zero attached hydrogens (tertiary/aromatic N) is 3. The molecule has 0 aliphatic carbocycles. The predicted octanol–water partition coefficient (Wildman–Crippen LogP) is 4.94. The number of carboxylic acids is 3. The third-order valence-electron chi connectivity index (χ3n) is 5.94. The molecular weight excluding hydrogens is 665 g/mol. The normalized spacial score (nSPS) is 17.4. The van der Waals surface area contributed by atoms with E-state index in [2.05, 4.69) is 27.0 Å². The Labute approximate surface area is 260 Å². The number of carboxylic acid groups (broad SMARTS) is 3. The molecular formula is C27H30F9N3O8. The van der Waals surface area contributed by atoms with Crippen LogP contribution in [0.25, 0.3) is 0 Å². The molecule has 1 unspecified atom stereocenters. The van der Waals surface area contributed by atoms with Crippen LogP contribution in [0.5, 0.6) is 0 Å². The molecule has 2 aliphatic heterocycles. The number of hydrogen-bond donors (Lipinski definition) is 3. The zero-order valence-electron chi connectivity index (χ0n) is 24.6. The summed E-state index contributed by atoms with van der Waals surface area (Å²) in [5.74, 6) is -8.27. The lowest BCUT2D eigenvalue weighted by molar-refractivity contribution is -0.200. The monoisotopic (exact) mass is 695 g/mol. The van der Waals surface area contributed by atoms with Crippen molar-refractivity contribution < 1.29 is 78.7 Å². The van der Waals surface area contributed by atoms with Crippen molar-refractivity contribution >= 4 is 17.9 Å². The maximum absolute atomic E-state index is 10.6. The fourth-order valence-electron chi connectivity index (χ4n) is 4.03. The van der Waals surface area contributed by atoms with Crippen molar-refractivity contribution in [3.05, 3.63) is 59.2 Å². The lowest BCUT2D eigenvalue weighted by Gasteiger charge is -2.53. The van der Waals surface area contributed by atoms with Crippen LogP contribution in [0.1, 0.15) is 35.6 Å². The minimum atomic E-state index is -5.08. The third kappa shape index (κ3) is 15.9. The second-order valence-corrected chi connectivity index (χ2v) is 10.1. The first kappa shape index (κ1) is 41.0. The predicted molar refractivity (Wildman–Crippen MR) is 141 cm³/mol. The highest BCUT2D eigenvalue weighted by Crippen LogP contribution is 2.36. The number of aromatic nitrogens is 2. The average molecular weight is 696 g/mol. The Morgan fingerprint density at radius 2 is 1.21 bits per heavy atom. The zero-order valence-corrected chi connectivity index (χ0v) is 24.6. The van der Waals surface area contributed by atoms with Crippen molar-refractivity contribution in [2.24, 2.45) is 0 Å². The third-order valence-corrected chi connectivity index (χ3v) is 5.94. The molecule has 11 nitrogen and oxygen atoms in total. The molecule has 20 heteroatoms. The lowest BCUT2D eigenvalue weighted by atomic mass is 9.84. The molecule has 4 heterocycles. The van der Waals surface area contributed by atoms with E-state index in [1.54, 1.807) is 0 Å². The Morgan fingerprint density at radius 1 is 0.809 bits per heavy atom. The molecule has 0 aromatic carbocycles. The molecule has 264 valence electrons. The van der Waals surface area contributed by atoms with Crippen LogP contribution in [0.15, 0.2) is 36.4 Å². The quantitative estimate of drug-likeness (QED) is 0.364. The maximum Gasteiger partial charge on any atom is 0.490 e. The highest BCUT2D eigenvalue weighted by molar-refractivity contribution is 5.73.